The lowest BCUT2D eigenvalue weighted by Gasteiger charge is -2.24. The Morgan fingerprint density at radius 2 is 2.24 bits per heavy atom. The third-order valence-corrected chi connectivity index (χ3v) is 5.06. The minimum atomic E-state index is 0.299. The van der Waals surface area contributed by atoms with E-state index >= 15 is 0 Å². The Balaban J connectivity index is 1.83. The van der Waals surface area contributed by atoms with E-state index in [1.165, 1.54) is 23.8 Å². The summed E-state index contributed by atoms with van der Waals surface area (Å²) in [5, 5.41) is 10.2. The van der Waals surface area contributed by atoms with Crippen molar-refractivity contribution in [3.05, 3.63) is 40.5 Å². The van der Waals surface area contributed by atoms with Gasteiger partial charge in [-0.1, -0.05) is 28.1 Å². The zero-order valence-corrected chi connectivity index (χ0v) is 13.7. The maximum atomic E-state index is 9.04. The molecule has 112 valence electrons. The van der Waals surface area contributed by atoms with Crippen LogP contribution in [0.1, 0.15) is 31.2 Å². The lowest BCUT2D eigenvalue weighted by Crippen LogP contribution is -2.29. The normalized spacial score (nSPS) is 19.4. The van der Waals surface area contributed by atoms with Gasteiger partial charge in [0.15, 0.2) is 0 Å². The molecule has 0 radical (unpaired) electrons. The summed E-state index contributed by atoms with van der Waals surface area (Å²) >= 11 is 3.61. The molecule has 1 N–H and O–H groups in total. The van der Waals surface area contributed by atoms with Crippen LogP contribution >= 0.6 is 15.9 Å². The van der Waals surface area contributed by atoms with Crippen molar-refractivity contribution in [3.63, 3.8) is 0 Å². The Bertz CT molecular complexity index is 617. The highest BCUT2D eigenvalue weighted by Gasteiger charge is 2.24. The van der Waals surface area contributed by atoms with Crippen LogP contribution in [0.5, 0.6) is 0 Å². The van der Waals surface area contributed by atoms with E-state index in [1.807, 2.05) is 12.3 Å². The number of aliphatic hydroxyl groups excluding tert-OH is 1. The number of benzene rings is 1. The van der Waals surface area contributed by atoms with E-state index in [1.54, 1.807) is 0 Å². The first kappa shape index (κ1) is 14.9. The maximum Gasteiger partial charge on any atom is 0.0758 e. The van der Waals surface area contributed by atoms with Crippen LogP contribution < -0.4 is 0 Å². The Morgan fingerprint density at radius 1 is 1.33 bits per heavy atom. The number of aromatic nitrogens is 1. The van der Waals surface area contributed by atoms with Gasteiger partial charge in [0.1, 0.15) is 0 Å². The van der Waals surface area contributed by atoms with E-state index in [9.17, 15) is 0 Å². The second-order valence-electron chi connectivity index (χ2n) is 5.74. The van der Waals surface area contributed by atoms with E-state index in [2.05, 4.69) is 44.0 Å². The summed E-state index contributed by atoms with van der Waals surface area (Å²) in [6.07, 6.45) is 6.38. The lowest BCUT2D eigenvalue weighted by molar-refractivity contribution is 0.210. The number of hydrogen-bond donors (Lipinski definition) is 1. The zero-order chi connectivity index (χ0) is 14.7. The van der Waals surface area contributed by atoms with Gasteiger partial charge in [0, 0.05) is 35.2 Å². The van der Waals surface area contributed by atoms with Gasteiger partial charge in [-0.05, 0) is 49.9 Å². The molecule has 1 aliphatic heterocycles. The molecule has 3 nitrogen and oxygen atoms in total. The number of likely N-dealkylation sites (tertiary alicyclic amines) is 1. The van der Waals surface area contributed by atoms with E-state index in [0.717, 1.165) is 35.9 Å². The third-order valence-electron chi connectivity index (χ3n) is 4.37. The van der Waals surface area contributed by atoms with Gasteiger partial charge in [-0.15, -0.1) is 0 Å². The van der Waals surface area contributed by atoms with Crippen molar-refractivity contribution < 1.29 is 5.11 Å². The summed E-state index contributed by atoms with van der Waals surface area (Å²) in [4.78, 5) is 7.12. The number of hydrogen-bond acceptors (Lipinski definition) is 3. The first-order valence-corrected chi connectivity index (χ1v) is 8.46. The molecule has 3 rings (SSSR count). The van der Waals surface area contributed by atoms with Gasteiger partial charge in [0.05, 0.1) is 5.52 Å². The molecule has 2 heterocycles. The van der Waals surface area contributed by atoms with Gasteiger partial charge in [0.25, 0.3) is 0 Å². The molecule has 0 amide bonds. The minimum Gasteiger partial charge on any atom is -0.396 e. The van der Waals surface area contributed by atoms with E-state index in [4.69, 9.17) is 5.11 Å². The Hall–Kier alpha value is -0.970. The number of halogens is 1. The largest absolute Gasteiger partial charge is 0.396 e. The summed E-state index contributed by atoms with van der Waals surface area (Å²) in [7, 11) is 0. The minimum absolute atomic E-state index is 0.299. The molecule has 1 saturated heterocycles. The van der Waals surface area contributed by atoms with Crippen molar-refractivity contribution in [2.45, 2.75) is 38.3 Å². The van der Waals surface area contributed by atoms with Crippen LogP contribution in [-0.2, 0) is 6.54 Å². The fraction of sp³-hybridized carbons (Fsp3) is 0.471. The van der Waals surface area contributed by atoms with Gasteiger partial charge in [-0.3, -0.25) is 9.88 Å². The SMILES string of the molecule is OCCCC1CCCN1Cc1ccc(Br)c2cccnc12. The van der Waals surface area contributed by atoms with Gasteiger partial charge in [0.2, 0.25) is 0 Å². The van der Waals surface area contributed by atoms with Crippen molar-refractivity contribution >= 4 is 26.8 Å². The molecule has 0 bridgehead atoms. The monoisotopic (exact) mass is 348 g/mol. The fourth-order valence-electron chi connectivity index (χ4n) is 3.30. The van der Waals surface area contributed by atoms with Crippen LogP contribution in [0.2, 0.25) is 0 Å². The van der Waals surface area contributed by atoms with Crippen LogP contribution in [0.15, 0.2) is 34.9 Å². The Labute approximate surface area is 134 Å². The molecular formula is C17H21BrN2O. The molecule has 1 fully saturated rings. The Morgan fingerprint density at radius 3 is 3.10 bits per heavy atom. The molecule has 1 atom stereocenters. The second-order valence-corrected chi connectivity index (χ2v) is 6.59. The van der Waals surface area contributed by atoms with Crippen molar-refractivity contribution in [1.82, 2.24) is 9.88 Å². The summed E-state index contributed by atoms with van der Waals surface area (Å²) in [5.74, 6) is 0. The highest BCUT2D eigenvalue weighted by atomic mass is 79.9. The topological polar surface area (TPSA) is 36.4 Å². The molecule has 21 heavy (non-hydrogen) atoms. The highest BCUT2D eigenvalue weighted by molar-refractivity contribution is 9.10. The van der Waals surface area contributed by atoms with Crippen LogP contribution in [0.3, 0.4) is 0 Å². The summed E-state index contributed by atoms with van der Waals surface area (Å²) < 4.78 is 1.10. The van der Waals surface area contributed by atoms with Crippen molar-refractivity contribution in [2.24, 2.45) is 0 Å². The summed E-state index contributed by atoms with van der Waals surface area (Å²) in [6, 6.07) is 9.01. The first-order chi connectivity index (χ1) is 10.3. The average molecular weight is 349 g/mol. The molecule has 1 aliphatic rings. The molecule has 4 heteroatoms. The van der Waals surface area contributed by atoms with Crippen molar-refractivity contribution in [1.29, 1.82) is 0 Å². The molecular weight excluding hydrogens is 328 g/mol. The number of rotatable bonds is 5. The van der Waals surface area contributed by atoms with Crippen LogP contribution in [-0.4, -0.2) is 34.2 Å². The number of aliphatic hydroxyl groups is 1. The molecule has 2 aromatic rings. The molecule has 0 aliphatic carbocycles. The number of nitrogens with zero attached hydrogens (tertiary/aromatic N) is 2. The van der Waals surface area contributed by atoms with E-state index < -0.39 is 0 Å². The van der Waals surface area contributed by atoms with Gasteiger partial charge >= 0.3 is 0 Å². The maximum absolute atomic E-state index is 9.04. The number of pyridine rings is 1. The predicted octanol–water partition coefficient (Wildman–Crippen LogP) is 3.73. The average Bonchev–Trinajstić information content (AvgIpc) is 2.95. The highest BCUT2D eigenvalue weighted by Crippen LogP contribution is 2.29. The molecule has 1 unspecified atom stereocenters. The van der Waals surface area contributed by atoms with E-state index in [0.29, 0.717) is 12.6 Å². The lowest BCUT2D eigenvalue weighted by atomic mass is 10.1. The van der Waals surface area contributed by atoms with E-state index in [-0.39, 0.29) is 0 Å². The first-order valence-electron chi connectivity index (χ1n) is 7.66. The summed E-state index contributed by atoms with van der Waals surface area (Å²) in [6.45, 7) is 2.41. The van der Waals surface area contributed by atoms with Crippen LogP contribution in [0.4, 0.5) is 0 Å². The number of fused-ring (bicyclic) bond motifs is 1. The second kappa shape index (κ2) is 6.86. The molecule has 0 spiro atoms. The summed E-state index contributed by atoms with van der Waals surface area (Å²) in [5.41, 5.74) is 2.39. The molecule has 1 aromatic carbocycles. The smallest absolute Gasteiger partial charge is 0.0758 e. The van der Waals surface area contributed by atoms with Gasteiger partial charge < -0.3 is 5.11 Å². The zero-order valence-electron chi connectivity index (χ0n) is 12.1. The van der Waals surface area contributed by atoms with Gasteiger partial charge in [-0.25, -0.2) is 0 Å². The van der Waals surface area contributed by atoms with Crippen LogP contribution in [0, 0.1) is 0 Å². The quantitative estimate of drug-likeness (QED) is 0.894. The Kier molecular flexibility index (Phi) is 4.88. The van der Waals surface area contributed by atoms with Gasteiger partial charge in [-0.2, -0.15) is 0 Å². The fourth-order valence-corrected chi connectivity index (χ4v) is 3.75. The molecule has 1 aromatic heterocycles. The van der Waals surface area contributed by atoms with Crippen molar-refractivity contribution in [3.8, 4) is 0 Å². The molecule has 0 saturated carbocycles. The standard InChI is InChI=1S/C17H21BrN2O/c18-16-8-7-13(17-15(16)6-1-9-19-17)12-20-10-2-4-14(20)5-3-11-21/h1,6-9,14,21H,2-5,10-12H2. The van der Waals surface area contributed by atoms with Crippen LogP contribution in [0.25, 0.3) is 10.9 Å². The van der Waals surface area contributed by atoms with Crippen molar-refractivity contribution in [2.75, 3.05) is 13.2 Å². The third kappa shape index (κ3) is 3.28. The predicted molar refractivity (Wildman–Crippen MR) is 89.2 cm³/mol.